The second-order valence-electron chi connectivity index (χ2n) is 16.6. The number of rotatable bonds is 16. The molecule has 21 heteroatoms. The topological polar surface area (TPSA) is 92.8 Å². The van der Waals surface area contributed by atoms with Crippen LogP contribution in [-0.2, 0) is 25.3 Å². The molecular formula is C38H52B2F9N4O6. The number of ether oxygens (including phenoxy) is 3. The minimum absolute atomic E-state index is 0.00675. The van der Waals surface area contributed by atoms with Crippen molar-refractivity contribution in [3.05, 3.63) is 29.3 Å². The monoisotopic (exact) mass is 853 g/mol. The van der Waals surface area contributed by atoms with Gasteiger partial charge in [0.1, 0.15) is 5.75 Å². The Morgan fingerprint density at radius 2 is 1.68 bits per heavy atom. The Morgan fingerprint density at radius 1 is 0.983 bits per heavy atom. The summed E-state index contributed by atoms with van der Waals surface area (Å²) in [5, 5.41) is 2.80. The summed E-state index contributed by atoms with van der Waals surface area (Å²) in [5.41, 5.74) is -4.09. The van der Waals surface area contributed by atoms with Crippen LogP contribution in [0.1, 0.15) is 68.9 Å². The fourth-order valence-corrected chi connectivity index (χ4v) is 10.1. The predicted molar refractivity (Wildman–Crippen MR) is 199 cm³/mol. The molecule has 10 nitrogen and oxygen atoms in total. The van der Waals surface area contributed by atoms with Crippen LogP contribution in [0, 0.1) is 17.3 Å². The standard InChI is InChI=1S/C38H52B2F9N4O6/c1-34-13-12-28-27-9-7-25(56-15-5-16-57-33(55)50-20-24-19-26(59-40-39)21-52(24)3)18-23(27)6-8-29(28)30(34)10-11-31(34)53(4)32(54)22-51(2)14-17-58-35(36(41,42)43,37(44,45)46)38(47,48)49/h7,9,18,24,26,28-31H,5-6,8,10-17,19-22H2,1-4H3,(H,50,55)/t24?,26?,28?,29?,30?,31-,34-/m0/s1. The van der Waals surface area contributed by atoms with Gasteiger partial charge in [-0.1, -0.05) is 13.0 Å². The Labute approximate surface area is 340 Å². The van der Waals surface area contributed by atoms with Gasteiger partial charge in [-0.2, -0.15) is 39.5 Å². The molecule has 1 saturated heterocycles. The van der Waals surface area contributed by atoms with E-state index >= 15 is 0 Å². The maximum atomic E-state index is 13.4. The molecule has 3 aliphatic carbocycles. The van der Waals surface area contributed by atoms with Gasteiger partial charge >= 0.3 is 30.2 Å². The summed E-state index contributed by atoms with van der Waals surface area (Å²) >= 11 is 0. The molecule has 0 aromatic heterocycles. The molecule has 59 heavy (non-hydrogen) atoms. The number of hydrogen-bond acceptors (Lipinski definition) is 8. The van der Waals surface area contributed by atoms with Crippen molar-refractivity contribution in [1.29, 1.82) is 0 Å². The van der Waals surface area contributed by atoms with Crippen molar-refractivity contribution < 1.29 is 68.0 Å². The average Bonchev–Trinajstić information content (AvgIpc) is 3.68. The van der Waals surface area contributed by atoms with Crippen LogP contribution >= 0.6 is 0 Å². The number of carbonyl (C=O) groups is 2. The van der Waals surface area contributed by atoms with E-state index in [1.165, 1.54) is 25.5 Å². The van der Waals surface area contributed by atoms with E-state index in [1.54, 1.807) is 11.9 Å². The van der Waals surface area contributed by atoms with Gasteiger partial charge in [0, 0.05) is 45.2 Å². The van der Waals surface area contributed by atoms with Gasteiger partial charge in [-0.15, -0.1) is 0 Å². The van der Waals surface area contributed by atoms with Crippen LogP contribution < -0.4 is 10.1 Å². The Kier molecular flexibility index (Phi) is 14.9. The molecule has 2 saturated carbocycles. The van der Waals surface area contributed by atoms with Crippen LogP contribution in [0.5, 0.6) is 5.75 Å². The van der Waals surface area contributed by atoms with E-state index in [4.69, 9.17) is 21.9 Å². The molecule has 329 valence electrons. The number of carbonyl (C=O) groups excluding carboxylic acids is 2. The molecule has 5 unspecified atom stereocenters. The molecule has 0 bridgehead atoms. The van der Waals surface area contributed by atoms with Crippen LogP contribution in [0.4, 0.5) is 44.3 Å². The highest BCUT2D eigenvalue weighted by Crippen LogP contribution is 2.62. The Morgan fingerprint density at radius 3 is 2.34 bits per heavy atom. The number of hydrogen-bond donors (Lipinski definition) is 1. The largest absolute Gasteiger partial charge is 0.493 e. The van der Waals surface area contributed by atoms with Crippen LogP contribution in [0.3, 0.4) is 0 Å². The molecule has 1 aromatic carbocycles. The zero-order chi connectivity index (χ0) is 43.6. The number of aryl methyl sites for hydroxylation is 1. The molecule has 0 spiro atoms. The number of amides is 2. The van der Waals surface area contributed by atoms with Gasteiger partial charge < -0.3 is 29.1 Å². The summed E-state index contributed by atoms with van der Waals surface area (Å²) in [4.78, 5) is 30.3. The molecule has 4 aliphatic rings. The van der Waals surface area contributed by atoms with Crippen molar-refractivity contribution in [2.75, 3.05) is 67.1 Å². The Hall–Kier alpha value is -2.90. The number of benzene rings is 1. The molecule has 2 amide bonds. The lowest BCUT2D eigenvalue weighted by Crippen LogP contribution is -2.68. The zero-order valence-corrected chi connectivity index (χ0v) is 33.7. The molecule has 1 heterocycles. The third-order valence-electron chi connectivity index (χ3n) is 13.1. The van der Waals surface area contributed by atoms with Crippen molar-refractivity contribution in [3.8, 4) is 5.75 Å². The lowest BCUT2D eigenvalue weighted by Gasteiger charge is -2.52. The zero-order valence-electron chi connectivity index (χ0n) is 33.7. The first kappa shape index (κ1) is 47.2. The van der Waals surface area contributed by atoms with Gasteiger partial charge in [0.2, 0.25) is 13.3 Å². The van der Waals surface area contributed by atoms with E-state index in [-0.39, 0.29) is 30.2 Å². The summed E-state index contributed by atoms with van der Waals surface area (Å²) in [6, 6.07) is 6.10. The maximum Gasteiger partial charge on any atom is 0.435 e. The summed E-state index contributed by atoms with van der Waals surface area (Å²) in [7, 11) is 11.3. The minimum atomic E-state index is -6.82. The number of alkyl halides is 9. The van der Waals surface area contributed by atoms with E-state index in [0.29, 0.717) is 43.7 Å². The second kappa shape index (κ2) is 18.6. The predicted octanol–water partition coefficient (Wildman–Crippen LogP) is 6.03. The molecule has 5 rings (SSSR count). The second-order valence-corrected chi connectivity index (χ2v) is 16.6. The molecule has 3 fully saturated rings. The molecule has 1 aromatic rings. The van der Waals surface area contributed by atoms with Crippen molar-refractivity contribution in [3.63, 3.8) is 0 Å². The number of alkyl carbamates (subject to hydrolysis) is 1. The third kappa shape index (κ3) is 10.1. The maximum absolute atomic E-state index is 13.4. The van der Waals surface area contributed by atoms with Crippen LogP contribution in [-0.4, -0.2) is 151 Å². The van der Waals surface area contributed by atoms with E-state index in [2.05, 4.69) is 34.0 Å². The van der Waals surface area contributed by atoms with Crippen molar-refractivity contribution in [2.45, 2.75) is 107 Å². The van der Waals surface area contributed by atoms with Crippen LogP contribution in [0.25, 0.3) is 0 Å². The number of fused-ring (bicyclic) bond motifs is 5. The lowest BCUT2D eigenvalue weighted by molar-refractivity contribution is -0.457. The smallest absolute Gasteiger partial charge is 0.435 e. The van der Waals surface area contributed by atoms with Gasteiger partial charge in [0.15, 0.2) is 0 Å². The van der Waals surface area contributed by atoms with Gasteiger partial charge in [-0.25, -0.2) is 4.79 Å². The highest BCUT2D eigenvalue weighted by Gasteiger charge is 2.85. The van der Waals surface area contributed by atoms with Crippen LogP contribution in [0.2, 0.25) is 0 Å². The highest BCUT2D eigenvalue weighted by molar-refractivity contribution is 6.85. The van der Waals surface area contributed by atoms with Gasteiger partial charge in [-0.3, -0.25) is 14.6 Å². The van der Waals surface area contributed by atoms with Crippen molar-refractivity contribution in [2.24, 2.45) is 17.3 Å². The van der Waals surface area contributed by atoms with E-state index in [0.717, 1.165) is 55.7 Å². The number of nitrogens with zero attached hydrogens (tertiary/aromatic N) is 3. The van der Waals surface area contributed by atoms with Crippen molar-refractivity contribution >= 4 is 27.1 Å². The van der Waals surface area contributed by atoms with Gasteiger partial charge in [0.05, 0.1) is 40.2 Å². The Bertz CT molecular complexity index is 1570. The lowest BCUT2D eigenvalue weighted by atomic mass is 9.55. The normalized spacial score (nSPS) is 27.5. The number of halogens is 9. The first-order valence-electron chi connectivity index (χ1n) is 19.9. The molecular weight excluding hydrogens is 801 g/mol. The summed E-state index contributed by atoms with van der Waals surface area (Å²) in [5.74, 6) is 1.28. The summed E-state index contributed by atoms with van der Waals surface area (Å²) in [6.07, 6.45) is -14.6. The van der Waals surface area contributed by atoms with E-state index in [9.17, 15) is 49.1 Å². The molecule has 1 N–H and O–H groups in total. The summed E-state index contributed by atoms with van der Waals surface area (Å²) < 4.78 is 139. The third-order valence-corrected chi connectivity index (χ3v) is 13.1. The van der Waals surface area contributed by atoms with Gasteiger partial charge in [0.25, 0.3) is 0 Å². The van der Waals surface area contributed by atoms with Crippen molar-refractivity contribution in [1.82, 2.24) is 20.0 Å². The first-order valence-corrected chi connectivity index (χ1v) is 19.9. The average molecular weight is 853 g/mol. The number of likely N-dealkylation sites (N-methyl/N-ethyl adjacent to an activating group) is 3. The quantitative estimate of drug-likeness (QED) is 0.123. The molecule has 7 atom stereocenters. The fourth-order valence-electron chi connectivity index (χ4n) is 10.1. The number of likely N-dealkylation sites (tertiary alicyclic amines) is 1. The van der Waals surface area contributed by atoms with Crippen LogP contribution in [0.15, 0.2) is 18.2 Å². The first-order chi connectivity index (χ1) is 27.5. The highest BCUT2D eigenvalue weighted by atomic mass is 19.4. The fraction of sp³-hybridized carbons (Fsp3) is 0.789. The van der Waals surface area contributed by atoms with E-state index < -0.39 is 55.8 Å². The minimum Gasteiger partial charge on any atom is -0.493 e. The summed E-state index contributed by atoms with van der Waals surface area (Å²) in [6.45, 7) is 1.08. The Balaban J connectivity index is 1.07. The molecule has 1 aliphatic heterocycles. The van der Waals surface area contributed by atoms with Gasteiger partial charge in [-0.05, 0) is 105 Å². The molecule has 3 radical (unpaired) electrons. The number of nitrogens with one attached hydrogen (secondary N) is 1. The SMILES string of the molecule is [B][B]OC1CC(CNC(=O)OCCCOc2ccc3c(c2)CCC2C3CC[C@@]3(C)C2CC[C@@H]3N(C)C(=O)CN(C)CCOC(C(F)(F)F)(C(F)(F)F)C(F)(F)F)N(C)C1. The van der Waals surface area contributed by atoms with E-state index in [1.807, 2.05) is 13.1 Å².